The zero-order valence-corrected chi connectivity index (χ0v) is 12.1. The number of anilines is 1. The second kappa shape index (κ2) is 5.36. The van der Waals surface area contributed by atoms with Gasteiger partial charge in [-0.25, -0.2) is 4.68 Å². The van der Waals surface area contributed by atoms with Gasteiger partial charge in [-0.3, -0.25) is 0 Å². The van der Waals surface area contributed by atoms with Crippen molar-refractivity contribution in [2.24, 2.45) is 0 Å². The molecule has 5 nitrogen and oxygen atoms in total. The third-order valence-corrected chi connectivity index (χ3v) is 3.34. The summed E-state index contributed by atoms with van der Waals surface area (Å²) in [4.78, 5) is 0. The molecule has 5 heteroatoms. The van der Waals surface area contributed by atoms with Crippen LogP contribution in [-0.4, -0.2) is 20.0 Å². The minimum absolute atomic E-state index is 0.604. The summed E-state index contributed by atoms with van der Waals surface area (Å²) < 4.78 is 1.74. The van der Waals surface area contributed by atoms with Gasteiger partial charge in [-0.15, -0.1) is 0 Å². The maximum atomic E-state index is 6.10. The molecule has 0 fully saturated rings. The van der Waals surface area contributed by atoms with E-state index in [1.165, 1.54) is 0 Å². The van der Waals surface area contributed by atoms with Crippen LogP contribution in [0.5, 0.6) is 0 Å². The molecule has 1 aromatic carbocycles. The monoisotopic (exact) mass is 279 g/mol. The maximum Gasteiger partial charge on any atom is 0.127 e. The highest BCUT2D eigenvalue weighted by Gasteiger charge is 2.13. The number of aromatic nitrogens is 4. The molecule has 0 spiro atoms. The van der Waals surface area contributed by atoms with Gasteiger partial charge in [-0.1, -0.05) is 25.1 Å². The molecule has 106 valence electrons. The van der Waals surface area contributed by atoms with E-state index in [-0.39, 0.29) is 0 Å². The first-order valence-corrected chi connectivity index (χ1v) is 6.93. The molecule has 0 aliphatic rings. The van der Waals surface area contributed by atoms with Crippen LogP contribution in [0.1, 0.15) is 18.3 Å². The van der Waals surface area contributed by atoms with Gasteiger partial charge in [0.25, 0.3) is 0 Å². The summed E-state index contributed by atoms with van der Waals surface area (Å²) in [5.41, 5.74) is 10.7. The van der Waals surface area contributed by atoms with Crippen molar-refractivity contribution >= 4 is 5.82 Å². The highest BCUT2D eigenvalue weighted by Crippen LogP contribution is 2.25. The molecule has 0 amide bonds. The number of hydrogen-bond acceptors (Lipinski definition) is 4. The summed E-state index contributed by atoms with van der Waals surface area (Å²) in [6, 6.07) is 13.7. The van der Waals surface area contributed by atoms with Crippen molar-refractivity contribution < 1.29 is 0 Å². The molecular formula is C16H17N5. The molecule has 21 heavy (non-hydrogen) atoms. The Morgan fingerprint density at radius 1 is 1.10 bits per heavy atom. The van der Waals surface area contributed by atoms with Crippen LogP contribution in [0, 0.1) is 6.92 Å². The van der Waals surface area contributed by atoms with E-state index < -0.39 is 0 Å². The van der Waals surface area contributed by atoms with Gasteiger partial charge in [0.1, 0.15) is 5.82 Å². The van der Waals surface area contributed by atoms with E-state index in [9.17, 15) is 0 Å². The molecule has 0 aliphatic heterocycles. The van der Waals surface area contributed by atoms with Crippen LogP contribution < -0.4 is 5.73 Å². The van der Waals surface area contributed by atoms with E-state index in [1.807, 2.05) is 49.4 Å². The minimum Gasteiger partial charge on any atom is -0.384 e. The van der Waals surface area contributed by atoms with Crippen molar-refractivity contribution in [3.63, 3.8) is 0 Å². The van der Waals surface area contributed by atoms with E-state index in [0.29, 0.717) is 5.82 Å². The number of nitrogen functional groups attached to an aromatic ring is 1. The van der Waals surface area contributed by atoms with Crippen molar-refractivity contribution in [2.75, 3.05) is 5.73 Å². The van der Waals surface area contributed by atoms with Gasteiger partial charge >= 0.3 is 0 Å². The lowest BCUT2D eigenvalue weighted by Gasteiger charge is -2.05. The number of benzene rings is 1. The Labute approximate surface area is 123 Å². The van der Waals surface area contributed by atoms with E-state index in [4.69, 9.17) is 5.73 Å². The summed E-state index contributed by atoms with van der Waals surface area (Å²) in [5, 5.41) is 13.0. The summed E-state index contributed by atoms with van der Waals surface area (Å²) in [6.07, 6.45) is 0.806. The topological polar surface area (TPSA) is 69.6 Å². The first-order valence-electron chi connectivity index (χ1n) is 6.93. The Kier molecular flexibility index (Phi) is 3.39. The zero-order chi connectivity index (χ0) is 14.8. The molecule has 0 saturated carbocycles. The third kappa shape index (κ3) is 2.50. The Bertz CT molecular complexity index is 762. The largest absolute Gasteiger partial charge is 0.384 e. The van der Waals surface area contributed by atoms with Crippen molar-refractivity contribution in [2.45, 2.75) is 20.3 Å². The van der Waals surface area contributed by atoms with Gasteiger partial charge in [0.05, 0.1) is 22.8 Å². The van der Waals surface area contributed by atoms with E-state index in [1.54, 1.807) is 4.68 Å². The Morgan fingerprint density at radius 2 is 1.86 bits per heavy atom. The normalized spacial score (nSPS) is 10.8. The highest BCUT2D eigenvalue weighted by molar-refractivity contribution is 5.66. The van der Waals surface area contributed by atoms with E-state index >= 15 is 0 Å². The van der Waals surface area contributed by atoms with Crippen LogP contribution in [0.2, 0.25) is 0 Å². The third-order valence-electron chi connectivity index (χ3n) is 3.34. The average Bonchev–Trinajstić information content (AvgIpc) is 2.90. The Balaban J connectivity index is 2.12. The van der Waals surface area contributed by atoms with Crippen molar-refractivity contribution in [1.82, 2.24) is 20.0 Å². The number of aryl methyl sites for hydroxylation is 2. The van der Waals surface area contributed by atoms with Gasteiger partial charge in [0.2, 0.25) is 0 Å². The predicted molar refractivity (Wildman–Crippen MR) is 83.1 cm³/mol. The quantitative estimate of drug-likeness (QED) is 0.800. The van der Waals surface area contributed by atoms with Crippen molar-refractivity contribution in [1.29, 1.82) is 0 Å². The number of nitrogens with two attached hydrogens (primary N) is 1. The SMILES string of the molecule is CCc1nnc(C)cc1-c1cc(N)n(-c2ccccc2)n1. The Hall–Kier alpha value is -2.69. The fourth-order valence-corrected chi connectivity index (χ4v) is 2.30. The summed E-state index contributed by atoms with van der Waals surface area (Å²) in [5.74, 6) is 0.604. The second-order valence-corrected chi connectivity index (χ2v) is 4.90. The van der Waals surface area contributed by atoms with Gasteiger partial charge in [0, 0.05) is 11.6 Å². The molecule has 2 N–H and O–H groups in total. The predicted octanol–water partition coefficient (Wildman–Crippen LogP) is 2.78. The molecule has 0 bridgehead atoms. The first kappa shape index (κ1) is 13.3. The first-order chi connectivity index (χ1) is 10.2. The summed E-state index contributed by atoms with van der Waals surface area (Å²) in [6.45, 7) is 3.98. The van der Waals surface area contributed by atoms with Crippen molar-refractivity contribution in [3.05, 3.63) is 53.9 Å². The fourth-order valence-electron chi connectivity index (χ4n) is 2.30. The zero-order valence-electron chi connectivity index (χ0n) is 12.1. The number of hydrogen-bond donors (Lipinski definition) is 1. The Morgan fingerprint density at radius 3 is 2.57 bits per heavy atom. The molecule has 3 rings (SSSR count). The lowest BCUT2D eigenvalue weighted by Crippen LogP contribution is -2.02. The molecule has 0 atom stereocenters. The molecule has 0 saturated heterocycles. The second-order valence-electron chi connectivity index (χ2n) is 4.90. The van der Waals surface area contributed by atoms with Crippen LogP contribution in [0.4, 0.5) is 5.82 Å². The van der Waals surface area contributed by atoms with Gasteiger partial charge in [0.15, 0.2) is 0 Å². The number of nitrogens with zero attached hydrogens (tertiary/aromatic N) is 4. The summed E-state index contributed by atoms with van der Waals surface area (Å²) in [7, 11) is 0. The molecule has 0 radical (unpaired) electrons. The maximum absolute atomic E-state index is 6.10. The lowest BCUT2D eigenvalue weighted by molar-refractivity contribution is 0.875. The van der Waals surface area contributed by atoms with Crippen LogP contribution in [0.3, 0.4) is 0 Å². The van der Waals surface area contributed by atoms with Crippen LogP contribution in [0.15, 0.2) is 42.5 Å². The van der Waals surface area contributed by atoms with Gasteiger partial charge < -0.3 is 5.73 Å². The standard InChI is InChI=1S/C16H17N5/c1-3-14-13(9-11(2)18-19-14)15-10-16(17)21(20-15)12-7-5-4-6-8-12/h4-10H,3,17H2,1-2H3. The van der Waals surface area contributed by atoms with Gasteiger partial charge in [-0.05, 0) is 31.5 Å². The lowest BCUT2D eigenvalue weighted by atomic mass is 10.1. The minimum atomic E-state index is 0.604. The molecular weight excluding hydrogens is 262 g/mol. The molecule has 0 aliphatic carbocycles. The highest BCUT2D eigenvalue weighted by atomic mass is 15.3. The van der Waals surface area contributed by atoms with E-state index in [2.05, 4.69) is 22.2 Å². The van der Waals surface area contributed by atoms with E-state index in [0.717, 1.165) is 34.8 Å². The van der Waals surface area contributed by atoms with Crippen LogP contribution in [0.25, 0.3) is 16.9 Å². The molecule has 3 aromatic rings. The van der Waals surface area contributed by atoms with Gasteiger partial charge in [-0.2, -0.15) is 15.3 Å². The summed E-state index contributed by atoms with van der Waals surface area (Å²) >= 11 is 0. The molecule has 2 heterocycles. The van der Waals surface area contributed by atoms with Crippen molar-refractivity contribution in [3.8, 4) is 16.9 Å². The molecule has 2 aromatic heterocycles. The number of para-hydroxylation sites is 1. The fraction of sp³-hybridized carbons (Fsp3) is 0.188. The average molecular weight is 279 g/mol. The number of rotatable bonds is 3. The van der Waals surface area contributed by atoms with Crippen LogP contribution in [-0.2, 0) is 6.42 Å². The molecule has 0 unspecified atom stereocenters. The van der Waals surface area contributed by atoms with Crippen LogP contribution >= 0.6 is 0 Å². The smallest absolute Gasteiger partial charge is 0.127 e.